The molecule has 4 nitrogen and oxygen atoms in total. The van der Waals surface area contributed by atoms with Crippen LogP contribution < -0.4 is 41.6 Å². The number of hydrogen-bond acceptors (Lipinski definition) is 4. The number of rotatable bonds is 20. The monoisotopic (exact) mass is 976 g/mol. The van der Waals surface area contributed by atoms with Gasteiger partial charge in [-0.3, -0.25) is 0 Å². The molecule has 0 aliphatic carbocycles. The molecule has 1 unspecified atom stereocenters. The number of benzene rings is 7. The zero-order valence-electron chi connectivity index (χ0n) is 35.3. The van der Waals surface area contributed by atoms with E-state index < -0.39 is 10.6 Å². The molecule has 0 spiro atoms. The molecule has 0 fully saturated rings. The van der Waals surface area contributed by atoms with E-state index in [0.29, 0.717) is 36.3 Å². The van der Waals surface area contributed by atoms with Crippen molar-refractivity contribution in [3.8, 4) is 11.5 Å². The van der Waals surface area contributed by atoms with Crippen LogP contribution in [0, 0.1) is 5.92 Å². The Labute approximate surface area is 378 Å². The van der Waals surface area contributed by atoms with E-state index in [4.69, 9.17) is 50.5 Å². The fraction of sp³-hybridized carbons (Fsp3) is 0.208. The van der Waals surface area contributed by atoms with E-state index in [2.05, 4.69) is 208 Å². The van der Waals surface area contributed by atoms with E-state index in [1.807, 2.05) is 0 Å². The van der Waals surface area contributed by atoms with Gasteiger partial charge in [0.15, 0.2) is 0 Å². The van der Waals surface area contributed by atoms with E-state index in [0.717, 1.165) is 36.8 Å². The van der Waals surface area contributed by atoms with Crippen molar-refractivity contribution in [3.05, 3.63) is 205 Å². The maximum atomic E-state index is 6.69. The van der Waals surface area contributed by atoms with Crippen LogP contribution in [-0.2, 0) is 22.1 Å². The summed E-state index contributed by atoms with van der Waals surface area (Å²) in [5, 5.41) is 0.150. The van der Waals surface area contributed by atoms with Gasteiger partial charge in [0.1, 0.15) is 0 Å². The van der Waals surface area contributed by atoms with Crippen molar-refractivity contribution in [2.45, 2.75) is 51.9 Å². The topological polar surface area (TPSA) is 36.9 Å². The van der Waals surface area contributed by atoms with Gasteiger partial charge in [-0.05, 0) is 0 Å². The Kier molecular flexibility index (Phi) is 14.7. The summed E-state index contributed by atoms with van der Waals surface area (Å²) in [6, 6.07) is 69.2. The minimum absolute atomic E-state index is 0.381. The van der Waals surface area contributed by atoms with Gasteiger partial charge < -0.3 is 0 Å². The van der Waals surface area contributed by atoms with Crippen LogP contribution >= 0.6 is 41.6 Å². The van der Waals surface area contributed by atoms with Gasteiger partial charge in [-0.2, -0.15) is 0 Å². The molecular weight excluding hydrogens is 922 g/mol. The van der Waals surface area contributed by atoms with Crippen LogP contribution in [0.3, 0.4) is 0 Å². The normalized spacial score (nSPS) is 13.6. The first-order chi connectivity index (χ1) is 29.8. The first-order valence-corrected chi connectivity index (χ1v) is 30.1. The molecule has 0 bridgehead atoms. The van der Waals surface area contributed by atoms with Crippen LogP contribution in [0.15, 0.2) is 194 Å². The second-order valence-electron chi connectivity index (χ2n) is 15.8. The van der Waals surface area contributed by atoms with Crippen molar-refractivity contribution >= 4 is 73.4 Å². The van der Waals surface area contributed by atoms with Crippen LogP contribution in [0.25, 0.3) is 0 Å². The molecule has 0 aliphatic rings. The molecule has 61 heavy (non-hydrogen) atoms. The minimum atomic E-state index is -3.52. The molecule has 7 aromatic rings. The summed E-state index contributed by atoms with van der Waals surface area (Å²) in [6.45, 7) is 4.96. The van der Waals surface area contributed by atoms with Gasteiger partial charge in [-0.15, -0.1) is 0 Å². The molecule has 0 aromatic heterocycles. The molecule has 0 radical (unpaired) electrons. The standard InChI is InChI=1S/C53H56Br2O4P2/c1-4-6-25-43(5-2)40-57-59-53-39-44(41-60(54,46-26-13-7-14-27-46,47-28-15-8-16-29-47)48-30-17-9-18-31-48)52(58-56-3)38-45(53)42-61(55,49-32-19-10-20-33-49,50-34-21-11-22-35-50)51-36-23-12-24-37-51/h7-24,26-39,43H,4-6,25,40-42H2,1-3H3. The maximum absolute atomic E-state index is 6.69. The Hall–Kier alpha value is -4.12. The van der Waals surface area contributed by atoms with Crippen molar-refractivity contribution in [2.24, 2.45) is 5.92 Å². The fourth-order valence-electron chi connectivity index (χ4n) is 8.74. The van der Waals surface area contributed by atoms with Gasteiger partial charge in [-0.1, -0.05) is 0 Å². The zero-order valence-corrected chi connectivity index (χ0v) is 40.2. The number of unbranched alkanes of at least 4 members (excludes halogenated alkanes) is 1. The summed E-state index contributed by atoms with van der Waals surface area (Å²) in [5.74, 6) is 1.64. The first kappa shape index (κ1) is 44.9. The average Bonchev–Trinajstić information content (AvgIpc) is 3.33. The van der Waals surface area contributed by atoms with E-state index in [9.17, 15) is 0 Å². The Morgan fingerprint density at radius 3 is 1.05 bits per heavy atom. The third kappa shape index (κ3) is 8.92. The third-order valence-corrected chi connectivity index (χ3v) is 31.1. The Morgan fingerprint density at radius 2 is 0.770 bits per heavy atom. The third-order valence-electron chi connectivity index (χ3n) is 12.1. The predicted octanol–water partition coefficient (Wildman–Crippen LogP) is 12.8. The zero-order chi connectivity index (χ0) is 42.7. The van der Waals surface area contributed by atoms with E-state index in [-0.39, 0.29) is 0 Å². The van der Waals surface area contributed by atoms with Crippen molar-refractivity contribution in [1.82, 2.24) is 0 Å². The summed E-state index contributed by atoms with van der Waals surface area (Å²) in [4.78, 5) is 25.0. The summed E-state index contributed by atoms with van der Waals surface area (Å²) in [6.07, 6.45) is 5.52. The molecular formula is C53H56Br2O4P2. The van der Waals surface area contributed by atoms with Gasteiger partial charge in [0.2, 0.25) is 0 Å². The quantitative estimate of drug-likeness (QED) is 0.0433. The summed E-state index contributed by atoms with van der Waals surface area (Å²) in [5.41, 5.74) is 1.85. The van der Waals surface area contributed by atoms with Crippen molar-refractivity contribution in [3.63, 3.8) is 0 Å². The Bertz CT molecular complexity index is 2240. The molecule has 0 saturated carbocycles. The van der Waals surface area contributed by atoms with Crippen molar-refractivity contribution in [1.29, 1.82) is 0 Å². The van der Waals surface area contributed by atoms with Gasteiger partial charge in [-0.25, -0.2) is 0 Å². The summed E-state index contributed by atoms with van der Waals surface area (Å²) >= 11 is 9.41. The van der Waals surface area contributed by atoms with Crippen LogP contribution in [0.2, 0.25) is 0 Å². The molecule has 316 valence electrons. The fourth-order valence-corrected chi connectivity index (χ4v) is 24.0. The summed E-state index contributed by atoms with van der Waals surface area (Å²) in [7, 11) is 1.57. The number of halogens is 2. The van der Waals surface area contributed by atoms with Crippen LogP contribution in [0.5, 0.6) is 11.5 Å². The second kappa shape index (κ2) is 19.9. The predicted molar refractivity (Wildman–Crippen MR) is 270 cm³/mol. The molecule has 0 N–H and O–H groups in total. The molecule has 1 atom stereocenters. The molecule has 7 aromatic carbocycles. The van der Waals surface area contributed by atoms with Crippen molar-refractivity contribution in [2.75, 3.05) is 13.7 Å². The molecule has 8 heteroatoms. The van der Waals surface area contributed by atoms with E-state index in [1.54, 1.807) is 7.11 Å². The molecule has 7 rings (SSSR count). The van der Waals surface area contributed by atoms with Crippen LogP contribution in [-0.4, -0.2) is 13.7 Å². The average molecular weight is 979 g/mol. The molecule has 0 saturated heterocycles. The van der Waals surface area contributed by atoms with Crippen LogP contribution in [0.4, 0.5) is 0 Å². The van der Waals surface area contributed by atoms with Gasteiger partial charge >= 0.3 is 381 Å². The second-order valence-corrected chi connectivity index (χ2v) is 33.7. The number of hydrogen-bond donors (Lipinski definition) is 0. The van der Waals surface area contributed by atoms with Crippen LogP contribution in [0.1, 0.15) is 50.7 Å². The summed E-state index contributed by atoms with van der Waals surface area (Å²) < 4.78 is 0. The SMILES string of the molecule is CCCCC(CC)COOc1cc(CP(Br)(c2ccccc2)(c2ccccc2)c2ccccc2)c(OOC)cc1CP(Br)(c1ccccc1)(c1ccccc1)c1ccccc1. The van der Waals surface area contributed by atoms with Gasteiger partial charge in [0.05, 0.1) is 0 Å². The Morgan fingerprint density at radius 1 is 0.459 bits per heavy atom. The molecule has 0 heterocycles. The molecule has 0 aliphatic heterocycles. The Balaban J connectivity index is 1.50. The van der Waals surface area contributed by atoms with Gasteiger partial charge in [0.25, 0.3) is 0 Å². The molecule has 0 amide bonds. The van der Waals surface area contributed by atoms with Gasteiger partial charge in [0, 0.05) is 0 Å². The first-order valence-electron chi connectivity index (χ1n) is 21.2. The van der Waals surface area contributed by atoms with Crippen molar-refractivity contribution < 1.29 is 19.6 Å². The van der Waals surface area contributed by atoms with E-state index >= 15 is 0 Å². The van der Waals surface area contributed by atoms with E-state index in [1.165, 1.54) is 31.8 Å².